The molecule has 1 N–H and O–H groups in total. The van der Waals surface area contributed by atoms with Crippen LogP contribution in [-0.4, -0.2) is 21.1 Å². The van der Waals surface area contributed by atoms with Crippen LogP contribution in [0, 0.1) is 5.82 Å². The Morgan fingerprint density at radius 2 is 2.26 bits per heavy atom. The second-order valence-corrected chi connectivity index (χ2v) is 4.87. The number of nitrogens with one attached hydrogen (secondary N) is 1. The largest absolute Gasteiger partial charge is 0.353 e. The summed E-state index contributed by atoms with van der Waals surface area (Å²) < 4.78 is 14.5. The summed E-state index contributed by atoms with van der Waals surface area (Å²) in [5.41, 5.74) is 2.18. The van der Waals surface area contributed by atoms with Crippen molar-refractivity contribution < 1.29 is 4.39 Å². The number of rotatable bonds is 4. The first-order chi connectivity index (χ1) is 9.31. The molecule has 0 amide bonds. The molecule has 0 fully saturated rings. The molecule has 2 aromatic rings. The molecule has 0 radical (unpaired) electrons. The van der Waals surface area contributed by atoms with E-state index in [1.165, 1.54) is 48.0 Å². The highest BCUT2D eigenvalue weighted by Gasteiger charge is 2.06. The molecule has 5 heteroatoms. The third-order valence-corrected chi connectivity index (χ3v) is 3.41. The minimum atomic E-state index is -0.309. The van der Waals surface area contributed by atoms with Crippen LogP contribution in [0.5, 0.6) is 0 Å². The van der Waals surface area contributed by atoms with Gasteiger partial charge in [0.1, 0.15) is 5.82 Å². The van der Waals surface area contributed by atoms with Gasteiger partial charge in [0.2, 0.25) is 5.95 Å². The second-order valence-electron chi connectivity index (χ2n) is 4.87. The van der Waals surface area contributed by atoms with Gasteiger partial charge >= 0.3 is 0 Å². The average molecular weight is 260 g/mol. The number of nitrogens with zero attached hydrogens (tertiary/aromatic N) is 3. The molecule has 0 aromatic carbocycles. The van der Waals surface area contributed by atoms with Crippen LogP contribution >= 0.6 is 0 Å². The number of anilines is 1. The van der Waals surface area contributed by atoms with Crippen molar-refractivity contribution in [3.63, 3.8) is 0 Å². The Morgan fingerprint density at radius 1 is 1.32 bits per heavy atom. The van der Waals surface area contributed by atoms with Gasteiger partial charge in [0, 0.05) is 6.54 Å². The van der Waals surface area contributed by atoms with Gasteiger partial charge in [-0.3, -0.25) is 0 Å². The maximum absolute atomic E-state index is 13.0. The topological polar surface area (TPSA) is 42.2 Å². The van der Waals surface area contributed by atoms with Gasteiger partial charge in [-0.05, 0) is 44.2 Å². The van der Waals surface area contributed by atoms with E-state index in [4.69, 9.17) is 0 Å². The van der Waals surface area contributed by atoms with Crippen LogP contribution in [0.4, 0.5) is 10.3 Å². The summed E-state index contributed by atoms with van der Waals surface area (Å²) in [6.07, 6.45) is 9.75. The average Bonchev–Trinajstić information content (AvgIpc) is 2.82. The van der Waals surface area contributed by atoms with Crippen LogP contribution in [0.25, 0.3) is 5.65 Å². The number of fused-ring (bicyclic) bond motifs is 1. The number of halogens is 1. The monoisotopic (exact) mass is 260 g/mol. The summed E-state index contributed by atoms with van der Waals surface area (Å²) in [7, 11) is 0. The van der Waals surface area contributed by atoms with E-state index in [0.717, 1.165) is 13.0 Å². The molecule has 0 atom stereocenters. The molecule has 2 aromatic heterocycles. The lowest BCUT2D eigenvalue weighted by atomic mass is 9.97. The van der Waals surface area contributed by atoms with E-state index in [2.05, 4.69) is 21.5 Å². The molecule has 3 rings (SSSR count). The van der Waals surface area contributed by atoms with Crippen molar-refractivity contribution >= 4 is 11.6 Å². The lowest BCUT2D eigenvalue weighted by molar-refractivity contribution is 0.615. The minimum Gasteiger partial charge on any atom is -0.353 e. The van der Waals surface area contributed by atoms with E-state index < -0.39 is 0 Å². The zero-order valence-corrected chi connectivity index (χ0v) is 10.8. The lowest BCUT2D eigenvalue weighted by Crippen LogP contribution is -2.05. The van der Waals surface area contributed by atoms with Crippen molar-refractivity contribution in [1.29, 1.82) is 0 Å². The molecule has 2 heterocycles. The molecular formula is C14H17FN4. The van der Waals surface area contributed by atoms with Gasteiger partial charge in [0.25, 0.3) is 0 Å². The molecule has 0 saturated heterocycles. The third-order valence-electron chi connectivity index (χ3n) is 3.41. The van der Waals surface area contributed by atoms with E-state index in [-0.39, 0.29) is 5.82 Å². The van der Waals surface area contributed by atoms with Crippen LogP contribution in [0.2, 0.25) is 0 Å². The molecule has 19 heavy (non-hydrogen) atoms. The zero-order chi connectivity index (χ0) is 13.1. The number of hydrogen-bond acceptors (Lipinski definition) is 3. The fourth-order valence-corrected chi connectivity index (χ4v) is 2.40. The Kier molecular flexibility index (Phi) is 3.44. The summed E-state index contributed by atoms with van der Waals surface area (Å²) in [5, 5.41) is 7.39. The number of aromatic nitrogens is 3. The molecule has 1 aliphatic carbocycles. The smallest absolute Gasteiger partial charge is 0.243 e. The van der Waals surface area contributed by atoms with Crippen molar-refractivity contribution in [2.75, 3.05) is 11.9 Å². The zero-order valence-electron chi connectivity index (χ0n) is 10.8. The summed E-state index contributed by atoms with van der Waals surface area (Å²) in [6, 6.07) is 3.01. The maximum atomic E-state index is 13.0. The van der Waals surface area contributed by atoms with Crippen LogP contribution in [-0.2, 0) is 0 Å². The van der Waals surface area contributed by atoms with Crippen LogP contribution in [0.1, 0.15) is 32.1 Å². The van der Waals surface area contributed by atoms with Gasteiger partial charge < -0.3 is 5.32 Å². The summed E-state index contributed by atoms with van der Waals surface area (Å²) >= 11 is 0. The van der Waals surface area contributed by atoms with E-state index in [0.29, 0.717) is 11.6 Å². The van der Waals surface area contributed by atoms with Gasteiger partial charge in [0.05, 0.1) is 6.20 Å². The quantitative estimate of drug-likeness (QED) is 0.858. The lowest BCUT2D eigenvalue weighted by Gasteiger charge is -2.12. The molecule has 0 bridgehead atoms. The van der Waals surface area contributed by atoms with E-state index in [1.807, 2.05) is 0 Å². The summed E-state index contributed by atoms with van der Waals surface area (Å²) in [4.78, 5) is 4.29. The number of pyridine rings is 1. The molecule has 0 aliphatic heterocycles. The normalized spacial score (nSPS) is 15.5. The molecular weight excluding hydrogens is 243 g/mol. The highest BCUT2D eigenvalue weighted by atomic mass is 19.1. The van der Waals surface area contributed by atoms with Gasteiger partial charge in [0.15, 0.2) is 5.65 Å². The van der Waals surface area contributed by atoms with E-state index in [9.17, 15) is 4.39 Å². The van der Waals surface area contributed by atoms with E-state index in [1.54, 1.807) is 6.07 Å². The van der Waals surface area contributed by atoms with Crippen LogP contribution in [0.3, 0.4) is 0 Å². The highest BCUT2D eigenvalue weighted by molar-refractivity contribution is 5.43. The Hall–Kier alpha value is -1.91. The second kappa shape index (κ2) is 5.38. The standard InChI is InChI=1S/C14H17FN4/c15-12-6-7-13-17-14(18-19(13)10-12)16-9-8-11-4-2-1-3-5-11/h4,6-7,10H,1-3,5,8-9H2,(H,16,18). The van der Waals surface area contributed by atoms with Crippen molar-refractivity contribution in [1.82, 2.24) is 14.6 Å². The van der Waals surface area contributed by atoms with E-state index >= 15 is 0 Å². The molecule has 100 valence electrons. The summed E-state index contributed by atoms with van der Waals surface area (Å²) in [6.45, 7) is 0.825. The maximum Gasteiger partial charge on any atom is 0.243 e. The Labute approximate surface area is 111 Å². The van der Waals surface area contributed by atoms with Crippen LogP contribution < -0.4 is 5.32 Å². The Morgan fingerprint density at radius 3 is 3.11 bits per heavy atom. The number of hydrogen-bond donors (Lipinski definition) is 1. The summed E-state index contributed by atoms with van der Waals surface area (Å²) in [5.74, 6) is 0.248. The first-order valence-electron chi connectivity index (χ1n) is 6.75. The molecule has 1 aliphatic rings. The van der Waals surface area contributed by atoms with Crippen molar-refractivity contribution in [2.24, 2.45) is 0 Å². The van der Waals surface area contributed by atoms with Gasteiger partial charge in [-0.15, -0.1) is 5.10 Å². The SMILES string of the molecule is Fc1ccc2nc(NCCC3=CCCCC3)nn2c1. The predicted octanol–water partition coefficient (Wildman–Crippen LogP) is 3.17. The Bertz CT molecular complexity index is 603. The van der Waals surface area contributed by atoms with Crippen molar-refractivity contribution in [3.8, 4) is 0 Å². The van der Waals surface area contributed by atoms with Gasteiger partial charge in [-0.2, -0.15) is 4.98 Å². The molecule has 4 nitrogen and oxygen atoms in total. The molecule has 0 unspecified atom stereocenters. The van der Waals surface area contributed by atoms with Crippen LogP contribution in [0.15, 0.2) is 30.0 Å². The molecule has 0 spiro atoms. The number of allylic oxidation sites excluding steroid dienone is 1. The first-order valence-corrected chi connectivity index (χ1v) is 6.75. The first kappa shape index (κ1) is 12.1. The predicted molar refractivity (Wildman–Crippen MR) is 72.6 cm³/mol. The Balaban J connectivity index is 1.60. The van der Waals surface area contributed by atoms with Crippen molar-refractivity contribution in [2.45, 2.75) is 32.1 Å². The molecule has 0 saturated carbocycles. The fraction of sp³-hybridized carbons (Fsp3) is 0.429. The third kappa shape index (κ3) is 2.92. The highest BCUT2D eigenvalue weighted by Crippen LogP contribution is 2.19. The minimum absolute atomic E-state index is 0.309. The van der Waals surface area contributed by atoms with Gasteiger partial charge in [-0.1, -0.05) is 11.6 Å². The van der Waals surface area contributed by atoms with Gasteiger partial charge in [-0.25, -0.2) is 8.91 Å². The van der Waals surface area contributed by atoms with Crippen molar-refractivity contribution in [3.05, 3.63) is 35.8 Å². The fourth-order valence-electron chi connectivity index (χ4n) is 2.40.